The molecule has 1 saturated heterocycles. The van der Waals surface area contributed by atoms with E-state index < -0.39 is 21.9 Å². The quantitative estimate of drug-likeness (QED) is 0.706. The summed E-state index contributed by atoms with van der Waals surface area (Å²) < 4.78 is 66.4. The maximum Gasteiger partial charge on any atom is 0.435 e. The summed E-state index contributed by atoms with van der Waals surface area (Å²) in [5, 5.41) is 3.51. The highest BCUT2D eigenvalue weighted by Crippen LogP contribution is 2.29. The molecular formula is C13H14BrF3N4O2S2. The van der Waals surface area contributed by atoms with Crippen LogP contribution in [0.3, 0.4) is 0 Å². The van der Waals surface area contributed by atoms with Gasteiger partial charge >= 0.3 is 6.18 Å². The number of halogens is 4. The molecule has 138 valence electrons. The van der Waals surface area contributed by atoms with Crippen LogP contribution >= 0.6 is 27.3 Å². The first-order chi connectivity index (χ1) is 11.7. The highest BCUT2D eigenvalue weighted by atomic mass is 79.9. The van der Waals surface area contributed by atoms with Crippen LogP contribution in [0.15, 0.2) is 32.4 Å². The van der Waals surface area contributed by atoms with Crippen molar-refractivity contribution in [2.45, 2.75) is 17.1 Å². The lowest BCUT2D eigenvalue weighted by Crippen LogP contribution is -2.48. The van der Waals surface area contributed by atoms with Crippen molar-refractivity contribution in [3.8, 4) is 0 Å². The third-order valence-corrected chi connectivity index (χ3v) is 7.74. The monoisotopic (exact) mass is 458 g/mol. The molecule has 2 aromatic heterocycles. The fraction of sp³-hybridized carbons (Fsp3) is 0.462. The first kappa shape index (κ1) is 18.8. The summed E-state index contributed by atoms with van der Waals surface area (Å²) in [6, 6.07) is 4.16. The third kappa shape index (κ3) is 4.25. The predicted molar refractivity (Wildman–Crippen MR) is 89.6 cm³/mol. The molecule has 0 saturated carbocycles. The van der Waals surface area contributed by atoms with Crippen LogP contribution < -0.4 is 0 Å². The predicted octanol–water partition coefficient (Wildman–Crippen LogP) is 2.69. The van der Waals surface area contributed by atoms with Crippen LogP contribution in [0.1, 0.15) is 5.69 Å². The van der Waals surface area contributed by atoms with Crippen molar-refractivity contribution < 1.29 is 21.6 Å². The topological polar surface area (TPSA) is 58.4 Å². The Balaban J connectivity index is 1.59. The van der Waals surface area contributed by atoms with Gasteiger partial charge in [-0.2, -0.15) is 22.6 Å². The summed E-state index contributed by atoms with van der Waals surface area (Å²) in [6.07, 6.45) is -3.19. The zero-order valence-electron chi connectivity index (χ0n) is 12.8. The van der Waals surface area contributed by atoms with E-state index in [0.29, 0.717) is 13.1 Å². The van der Waals surface area contributed by atoms with E-state index in [1.807, 2.05) is 4.90 Å². The number of thiophene rings is 1. The van der Waals surface area contributed by atoms with Gasteiger partial charge in [0.2, 0.25) is 0 Å². The number of rotatable bonds is 4. The minimum Gasteiger partial charge on any atom is -0.282 e. The number of alkyl halides is 3. The van der Waals surface area contributed by atoms with Crippen molar-refractivity contribution in [2.24, 2.45) is 0 Å². The van der Waals surface area contributed by atoms with Gasteiger partial charge in [0.1, 0.15) is 4.21 Å². The Bertz CT molecular complexity index is 842. The molecule has 1 aliphatic rings. The minimum atomic E-state index is -4.47. The molecule has 2 aromatic rings. The van der Waals surface area contributed by atoms with E-state index in [1.165, 1.54) is 15.2 Å². The average Bonchev–Trinajstić information content (AvgIpc) is 3.17. The maximum absolute atomic E-state index is 12.6. The molecule has 6 nitrogen and oxygen atoms in total. The highest BCUT2D eigenvalue weighted by Gasteiger charge is 2.34. The molecule has 1 fully saturated rings. The van der Waals surface area contributed by atoms with Crippen molar-refractivity contribution in [2.75, 3.05) is 26.2 Å². The number of hydrogen-bond acceptors (Lipinski definition) is 5. The number of piperazine rings is 1. The van der Waals surface area contributed by atoms with Gasteiger partial charge in [-0.15, -0.1) is 11.3 Å². The Labute approximate surface area is 155 Å². The van der Waals surface area contributed by atoms with Crippen LogP contribution in [-0.4, -0.2) is 53.6 Å². The van der Waals surface area contributed by atoms with E-state index in [9.17, 15) is 21.6 Å². The summed E-state index contributed by atoms with van der Waals surface area (Å²) >= 11 is 4.40. The Morgan fingerprint density at radius 2 is 1.84 bits per heavy atom. The second kappa shape index (κ2) is 6.99. The second-order valence-corrected chi connectivity index (χ2v) is 10.1. The molecule has 3 heterocycles. The van der Waals surface area contributed by atoms with Gasteiger partial charge in [-0.05, 0) is 34.1 Å². The molecule has 25 heavy (non-hydrogen) atoms. The Morgan fingerprint density at radius 3 is 2.36 bits per heavy atom. The molecule has 0 radical (unpaired) electrons. The molecule has 3 rings (SSSR count). The molecule has 0 amide bonds. The third-order valence-electron chi connectivity index (χ3n) is 3.75. The standard InChI is InChI=1S/C13H14BrF3N4O2S2/c14-11-1-2-12(24-11)25(22,23)21-7-5-19(6-8-21)9-20-4-3-10(18-20)13(15,16)17/h1-4H,5-9H2. The number of sulfonamides is 1. The number of hydrogen-bond donors (Lipinski definition) is 0. The van der Waals surface area contributed by atoms with Gasteiger partial charge in [0.25, 0.3) is 10.0 Å². The smallest absolute Gasteiger partial charge is 0.282 e. The normalized spacial score (nSPS) is 17.9. The molecule has 0 unspecified atom stereocenters. The minimum absolute atomic E-state index is 0.189. The van der Waals surface area contributed by atoms with E-state index in [2.05, 4.69) is 21.0 Å². The van der Waals surface area contributed by atoms with Crippen molar-refractivity contribution in [1.29, 1.82) is 0 Å². The van der Waals surface area contributed by atoms with Crippen LogP contribution in [0.4, 0.5) is 13.2 Å². The molecule has 0 spiro atoms. The summed E-state index contributed by atoms with van der Waals surface area (Å²) in [7, 11) is -3.53. The molecule has 1 aliphatic heterocycles. The molecule has 12 heteroatoms. The van der Waals surface area contributed by atoms with Gasteiger partial charge in [-0.1, -0.05) is 0 Å². The number of nitrogens with zero attached hydrogens (tertiary/aromatic N) is 4. The van der Waals surface area contributed by atoms with Crippen molar-refractivity contribution in [3.63, 3.8) is 0 Å². The lowest BCUT2D eigenvalue weighted by atomic mass is 10.4. The second-order valence-electron chi connectivity index (χ2n) is 5.46. The van der Waals surface area contributed by atoms with Gasteiger partial charge < -0.3 is 0 Å². The Hall–Kier alpha value is -0.950. The Morgan fingerprint density at radius 1 is 1.16 bits per heavy atom. The summed E-state index contributed by atoms with van der Waals surface area (Å²) in [5.74, 6) is 0. The molecular weight excluding hydrogens is 445 g/mol. The maximum atomic E-state index is 12.6. The zero-order chi connectivity index (χ0) is 18.2. The van der Waals surface area contributed by atoms with Crippen molar-refractivity contribution in [3.05, 3.63) is 33.9 Å². The molecule has 0 N–H and O–H groups in total. The van der Waals surface area contributed by atoms with E-state index in [4.69, 9.17) is 0 Å². The summed E-state index contributed by atoms with van der Waals surface area (Å²) in [4.78, 5) is 1.86. The Kier molecular flexibility index (Phi) is 5.26. The largest absolute Gasteiger partial charge is 0.435 e. The average molecular weight is 459 g/mol. The summed E-state index contributed by atoms with van der Waals surface area (Å²) in [5.41, 5.74) is -0.933. The first-order valence-corrected chi connectivity index (χ1v) is 10.3. The molecule has 0 bridgehead atoms. The van der Waals surface area contributed by atoms with Crippen molar-refractivity contribution >= 4 is 37.3 Å². The van der Waals surface area contributed by atoms with Crippen LogP contribution in [0.5, 0.6) is 0 Å². The van der Waals surface area contributed by atoms with E-state index in [0.717, 1.165) is 21.2 Å². The lowest BCUT2D eigenvalue weighted by molar-refractivity contribution is -0.141. The van der Waals surface area contributed by atoms with Crippen LogP contribution in [0.2, 0.25) is 0 Å². The van der Waals surface area contributed by atoms with Crippen molar-refractivity contribution in [1.82, 2.24) is 19.0 Å². The van der Waals surface area contributed by atoms with Gasteiger partial charge in [-0.25, -0.2) is 8.42 Å². The number of aromatic nitrogens is 2. The van der Waals surface area contributed by atoms with E-state index in [-0.39, 0.29) is 24.0 Å². The highest BCUT2D eigenvalue weighted by molar-refractivity contribution is 9.11. The van der Waals surface area contributed by atoms with Gasteiger partial charge in [0.05, 0.1) is 10.5 Å². The fourth-order valence-electron chi connectivity index (χ4n) is 2.47. The fourth-order valence-corrected chi connectivity index (χ4v) is 6.06. The van der Waals surface area contributed by atoms with E-state index >= 15 is 0 Å². The summed E-state index contributed by atoms with van der Waals surface area (Å²) in [6.45, 7) is 1.60. The first-order valence-electron chi connectivity index (χ1n) is 7.25. The molecule has 0 atom stereocenters. The van der Waals surface area contributed by atoms with Crippen LogP contribution in [-0.2, 0) is 22.9 Å². The SMILES string of the molecule is O=S(=O)(c1ccc(Br)s1)N1CCN(Cn2ccc(C(F)(F)F)n2)CC1. The molecule has 0 aliphatic carbocycles. The van der Waals surface area contributed by atoms with Gasteiger partial charge in [-0.3, -0.25) is 9.58 Å². The molecule has 0 aromatic carbocycles. The lowest BCUT2D eigenvalue weighted by Gasteiger charge is -2.33. The van der Waals surface area contributed by atoms with Crippen LogP contribution in [0, 0.1) is 0 Å². The zero-order valence-corrected chi connectivity index (χ0v) is 16.0. The van der Waals surface area contributed by atoms with E-state index in [1.54, 1.807) is 12.1 Å². The van der Waals surface area contributed by atoms with Gasteiger partial charge in [0.15, 0.2) is 5.69 Å². The van der Waals surface area contributed by atoms with Gasteiger partial charge in [0, 0.05) is 32.4 Å². The van der Waals surface area contributed by atoms with Crippen LogP contribution in [0.25, 0.3) is 0 Å².